The first kappa shape index (κ1) is 16.0. The zero-order valence-electron chi connectivity index (χ0n) is 14.2. The molecule has 1 saturated heterocycles. The molecule has 3 heterocycles. The van der Waals surface area contributed by atoms with Crippen molar-refractivity contribution in [1.82, 2.24) is 9.55 Å². The Morgan fingerprint density at radius 1 is 1.20 bits per heavy atom. The molecule has 0 amide bonds. The topological polar surface area (TPSA) is 67.9 Å². The van der Waals surface area contributed by atoms with Gasteiger partial charge in [-0.15, -0.1) is 0 Å². The summed E-state index contributed by atoms with van der Waals surface area (Å²) in [5.74, 6) is 0.921. The van der Waals surface area contributed by atoms with Crippen LogP contribution in [0, 0.1) is 0 Å². The van der Waals surface area contributed by atoms with E-state index < -0.39 is 5.79 Å². The molecule has 0 bridgehead atoms. The highest BCUT2D eigenvalue weighted by molar-refractivity contribution is 5.92. The van der Waals surface area contributed by atoms with Crippen molar-refractivity contribution < 1.29 is 23.4 Å². The molecule has 4 rings (SSSR count). The Kier molecular flexibility index (Phi) is 4.10. The molecule has 3 aromatic rings. The lowest BCUT2D eigenvalue weighted by Crippen LogP contribution is -2.41. The number of methoxy groups -OCH3 is 2. The maximum absolute atomic E-state index is 6.10. The van der Waals surface area contributed by atoms with Gasteiger partial charge >= 0.3 is 0 Å². The van der Waals surface area contributed by atoms with Crippen LogP contribution < -0.4 is 9.47 Å². The average molecular weight is 344 g/mol. The lowest BCUT2D eigenvalue weighted by atomic mass is 10.1. The van der Waals surface area contributed by atoms with E-state index in [-0.39, 0.29) is 0 Å². The minimum atomic E-state index is -1.03. The molecule has 7 heteroatoms. The van der Waals surface area contributed by atoms with Crippen LogP contribution in [0.2, 0.25) is 0 Å². The summed E-state index contributed by atoms with van der Waals surface area (Å²) < 4.78 is 30.9. The largest absolute Gasteiger partial charge is 0.497 e. The van der Waals surface area contributed by atoms with E-state index in [1.165, 1.54) is 0 Å². The highest BCUT2D eigenvalue weighted by Gasteiger charge is 2.43. The zero-order valence-corrected chi connectivity index (χ0v) is 14.2. The Bertz CT molecular complexity index is 850. The van der Waals surface area contributed by atoms with Gasteiger partial charge in [0.1, 0.15) is 11.5 Å². The van der Waals surface area contributed by atoms with Gasteiger partial charge in [0.15, 0.2) is 5.76 Å². The van der Waals surface area contributed by atoms with Crippen molar-refractivity contribution in [1.29, 1.82) is 0 Å². The zero-order chi connectivity index (χ0) is 17.3. The van der Waals surface area contributed by atoms with Crippen LogP contribution in [0.5, 0.6) is 11.5 Å². The van der Waals surface area contributed by atoms with Crippen molar-refractivity contribution in [2.45, 2.75) is 18.8 Å². The maximum atomic E-state index is 6.10. The maximum Gasteiger partial charge on any atom is 0.247 e. The van der Waals surface area contributed by atoms with E-state index in [2.05, 4.69) is 4.98 Å². The number of hydrogen-bond donors (Lipinski definition) is 0. The molecule has 1 fully saturated rings. The van der Waals surface area contributed by atoms with Crippen molar-refractivity contribution in [3.05, 3.63) is 42.9 Å². The van der Waals surface area contributed by atoms with E-state index in [0.717, 1.165) is 17.2 Å². The molecular weight excluding hydrogens is 324 g/mol. The number of ether oxygens (including phenoxy) is 4. The van der Waals surface area contributed by atoms with Crippen molar-refractivity contribution in [3.63, 3.8) is 0 Å². The SMILES string of the molecule is COc1cc(OC)c2c(C3(Cn4ccnc4)OCCCO3)occ2c1. The van der Waals surface area contributed by atoms with E-state index in [9.17, 15) is 0 Å². The highest BCUT2D eigenvalue weighted by Crippen LogP contribution is 2.43. The number of imidazole rings is 1. The minimum absolute atomic E-state index is 0.435. The smallest absolute Gasteiger partial charge is 0.247 e. The molecule has 132 valence electrons. The van der Waals surface area contributed by atoms with Gasteiger partial charge in [0.2, 0.25) is 5.79 Å². The van der Waals surface area contributed by atoms with Gasteiger partial charge in [-0.1, -0.05) is 0 Å². The molecule has 0 atom stereocenters. The van der Waals surface area contributed by atoms with Gasteiger partial charge in [-0.25, -0.2) is 4.98 Å². The summed E-state index contributed by atoms with van der Waals surface area (Å²) in [4.78, 5) is 4.10. The lowest BCUT2D eigenvalue weighted by molar-refractivity contribution is -0.291. The number of fused-ring (bicyclic) bond motifs is 1. The standard InChI is InChI=1S/C18H20N2O5/c1-21-14-8-13-10-23-17(16(13)15(9-14)22-2)18(24-6-3-7-25-18)11-20-5-4-19-12-20/h4-5,8-10,12H,3,6-7,11H2,1-2H3. The molecule has 1 aliphatic heterocycles. The van der Waals surface area contributed by atoms with Gasteiger partial charge in [-0.2, -0.15) is 0 Å². The van der Waals surface area contributed by atoms with Crippen LogP contribution in [-0.4, -0.2) is 37.0 Å². The lowest BCUT2D eigenvalue weighted by Gasteiger charge is -2.36. The minimum Gasteiger partial charge on any atom is -0.497 e. The summed E-state index contributed by atoms with van der Waals surface area (Å²) in [5.41, 5.74) is 0. The molecule has 0 unspecified atom stereocenters. The molecule has 2 aromatic heterocycles. The third-order valence-electron chi connectivity index (χ3n) is 4.35. The van der Waals surface area contributed by atoms with Crippen molar-refractivity contribution in [3.8, 4) is 11.5 Å². The first-order valence-electron chi connectivity index (χ1n) is 8.13. The molecule has 0 aliphatic carbocycles. The Hall–Kier alpha value is -2.51. The van der Waals surface area contributed by atoms with E-state index >= 15 is 0 Å². The summed E-state index contributed by atoms with van der Waals surface area (Å²) in [7, 11) is 3.24. The predicted octanol–water partition coefficient (Wildman–Crippen LogP) is 2.94. The van der Waals surface area contributed by atoms with Gasteiger partial charge in [0.25, 0.3) is 0 Å². The summed E-state index contributed by atoms with van der Waals surface area (Å²) in [6, 6.07) is 3.73. The number of rotatable bonds is 5. The Labute approximate surface area is 145 Å². The van der Waals surface area contributed by atoms with Gasteiger partial charge in [0, 0.05) is 23.8 Å². The first-order valence-corrected chi connectivity index (χ1v) is 8.13. The second kappa shape index (κ2) is 6.42. The third-order valence-corrected chi connectivity index (χ3v) is 4.35. The molecule has 0 N–H and O–H groups in total. The predicted molar refractivity (Wildman–Crippen MR) is 89.7 cm³/mol. The molecule has 1 aliphatic rings. The number of nitrogens with zero attached hydrogens (tertiary/aromatic N) is 2. The van der Waals surface area contributed by atoms with E-state index in [1.807, 2.05) is 22.9 Å². The monoisotopic (exact) mass is 344 g/mol. The van der Waals surface area contributed by atoms with Crippen LogP contribution in [0.1, 0.15) is 12.2 Å². The summed E-state index contributed by atoms with van der Waals surface area (Å²) >= 11 is 0. The van der Waals surface area contributed by atoms with Crippen LogP contribution in [0.15, 0.2) is 41.5 Å². The highest BCUT2D eigenvalue weighted by atomic mass is 16.7. The molecule has 25 heavy (non-hydrogen) atoms. The van der Waals surface area contributed by atoms with Gasteiger partial charge in [-0.3, -0.25) is 0 Å². The molecular formula is C18H20N2O5. The van der Waals surface area contributed by atoms with Crippen LogP contribution in [-0.2, 0) is 21.8 Å². The van der Waals surface area contributed by atoms with Crippen LogP contribution >= 0.6 is 0 Å². The fraction of sp³-hybridized carbons (Fsp3) is 0.389. The fourth-order valence-electron chi connectivity index (χ4n) is 3.18. The Morgan fingerprint density at radius 3 is 2.72 bits per heavy atom. The normalized spacial score (nSPS) is 16.9. The molecule has 0 radical (unpaired) electrons. The van der Waals surface area contributed by atoms with Gasteiger partial charge in [0.05, 0.1) is 52.0 Å². The van der Waals surface area contributed by atoms with E-state index in [0.29, 0.717) is 37.0 Å². The molecule has 7 nitrogen and oxygen atoms in total. The molecule has 1 aromatic carbocycles. The van der Waals surface area contributed by atoms with Gasteiger partial charge < -0.3 is 27.9 Å². The molecule has 0 spiro atoms. The average Bonchev–Trinajstić information content (AvgIpc) is 3.31. The Balaban J connectivity index is 1.87. The van der Waals surface area contributed by atoms with E-state index in [4.69, 9.17) is 23.4 Å². The van der Waals surface area contributed by atoms with E-state index in [1.54, 1.807) is 33.0 Å². The number of hydrogen-bond acceptors (Lipinski definition) is 6. The second-order valence-corrected chi connectivity index (χ2v) is 5.90. The van der Waals surface area contributed by atoms with Crippen molar-refractivity contribution in [2.24, 2.45) is 0 Å². The van der Waals surface area contributed by atoms with Crippen LogP contribution in [0.3, 0.4) is 0 Å². The quantitative estimate of drug-likeness (QED) is 0.709. The first-order chi connectivity index (χ1) is 12.3. The Morgan fingerprint density at radius 2 is 2.04 bits per heavy atom. The van der Waals surface area contributed by atoms with Crippen LogP contribution in [0.4, 0.5) is 0 Å². The fourth-order valence-corrected chi connectivity index (χ4v) is 3.18. The summed E-state index contributed by atoms with van der Waals surface area (Å²) in [6.07, 6.45) is 7.84. The number of benzene rings is 1. The summed E-state index contributed by atoms with van der Waals surface area (Å²) in [6.45, 7) is 1.62. The van der Waals surface area contributed by atoms with Crippen molar-refractivity contribution >= 4 is 10.8 Å². The number of aromatic nitrogens is 2. The van der Waals surface area contributed by atoms with Crippen LogP contribution in [0.25, 0.3) is 10.8 Å². The molecule has 0 saturated carbocycles. The summed E-state index contributed by atoms with van der Waals surface area (Å²) in [5, 5.41) is 1.69. The van der Waals surface area contributed by atoms with Gasteiger partial charge in [-0.05, 0) is 12.5 Å². The van der Waals surface area contributed by atoms with Crippen molar-refractivity contribution in [2.75, 3.05) is 27.4 Å². The second-order valence-electron chi connectivity index (χ2n) is 5.90. The third kappa shape index (κ3) is 2.75. The number of furan rings is 1.